The van der Waals surface area contributed by atoms with Crippen LogP contribution in [0.5, 0.6) is 0 Å². The first kappa shape index (κ1) is 22.1. The van der Waals surface area contributed by atoms with E-state index in [2.05, 4.69) is 31.4 Å². The summed E-state index contributed by atoms with van der Waals surface area (Å²) in [6, 6.07) is 10.5. The first-order chi connectivity index (χ1) is 14.2. The summed E-state index contributed by atoms with van der Waals surface area (Å²) >= 11 is 1.77. The average molecular weight is 432 g/mol. The Balaban J connectivity index is 1.74. The molecule has 1 heterocycles. The van der Waals surface area contributed by atoms with Crippen LogP contribution in [-0.2, 0) is 0 Å². The Morgan fingerprint density at radius 1 is 1.30 bits per heavy atom. The number of non-ortho nitro benzene ring substituents is 1. The van der Waals surface area contributed by atoms with Crippen LogP contribution in [-0.4, -0.2) is 29.2 Å². The molecule has 0 saturated heterocycles. The maximum atomic E-state index is 13.1. The molecule has 1 aliphatic heterocycles. The molecule has 6 nitrogen and oxygen atoms in total. The van der Waals surface area contributed by atoms with Gasteiger partial charge in [0, 0.05) is 46.6 Å². The summed E-state index contributed by atoms with van der Waals surface area (Å²) in [5, 5.41) is 17.8. The molecule has 1 aliphatic rings. The predicted octanol–water partition coefficient (Wildman–Crippen LogP) is 5.17. The van der Waals surface area contributed by atoms with Crippen molar-refractivity contribution < 1.29 is 14.1 Å². The molecule has 160 valence electrons. The lowest BCUT2D eigenvalue weighted by Crippen LogP contribution is -2.47. The van der Waals surface area contributed by atoms with Crippen molar-refractivity contribution in [3.05, 3.63) is 69.5 Å². The van der Waals surface area contributed by atoms with Gasteiger partial charge in [-0.15, -0.1) is 0 Å². The Hall–Kier alpha value is -2.61. The molecule has 2 aromatic rings. The Morgan fingerprint density at radius 2 is 2.00 bits per heavy atom. The van der Waals surface area contributed by atoms with Crippen LogP contribution in [0.2, 0.25) is 0 Å². The minimum atomic E-state index is -0.378. The van der Waals surface area contributed by atoms with Crippen molar-refractivity contribution in [2.24, 2.45) is 5.41 Å². The Kier molecular flexibility index (Phi) is 6.65. The van der Waals surface area contributed by atoms with Gasteiger partial charge >= 0.3 is 0 Å². The highest BCUT2D eigenvalue weighted by atomic mass is 32.2. The zero-order chi connectivity index (χ0) is 21.9. The summed E-state index contributed by atoms with van der Waals surface area (Å²) in [6.07, 6.45) is 0.798. The van der Waals surface area contributed by atoms with E-state index >= 15 is 0 Å². The summed E-state index contributed by atoms with van der Waals surface area (Å²) in [6.45, 7) is 6.68. The number of hydrogen-bond acceptors (Lipinski definition) is 5. The molecule has 0 fully saturated rings. The Labute approximate surface area is 179 Å². The molecule has 0 saturated carbocycles. The van der Waals surface area contributed by atoms with Crippen LogP contribution in [0.4, 0.5) is 15.8 Å². The van der Waals surface area contributed by atoms with Gasteiger partial charge in [0.15, 0.2) is 0 Å². The standard InChI is InChI=1S/C22H26FN3O3S/c1-4-30-19-12-20(25-18-10-9-16(26(28)29)11-17(18)19)22(2,3)13-24-21(27)14-5-7-15(23)8-6-14/h5-11,19-20,25H,4,12-13H2,1-3H3,(H,24,27). The smallest absolute Gasteiger partial charge is 0.269 e. The lowest BCUT2D eigenvalue weighted by atomic mass is 9.78. The number of halogens is 1. The number of nitro groups is 1. The number of fused-ring (bicyclic) bond motifs is 1. The molecule has 2 unspecified atom stereocenters. The molecule has 3 rings (SSSR count). The zero-order valence-electron chi connectivity index (χ0n) is 17.3. The predicted molar refractivity (Wildman–Crippen MR) is 119 cm³/mol. The van der Waals surface area contributed by atoms with Gasteiger partial charge in [0.1, 0.15) is 5.82 Å². The number of thioether (sulfide) groups is 1. The number of rotatable bonds is 7. The van der Waals surface area contributed by atoms with Crippen LogP contribution in [0.1, 0.15) is 48.4 Å². The topological polar surface area (TPSA) is 84.3 Å². The number of benzene rings is 2. The second kappa shape index (κ2) is 9.04. The van der Waals surface area contributed by atoms with E-state index in [0.29, 0.717) is 12.1 Å². The molecule has 0 bridgehead atoms. The highest BCUT2D eigenvalue weighted by molar-refractivity contribution is 7.99. The first-order valence-electron chi connectivity index (χ1n) is 9.91. The number of amides is 1. The van der Waals surface area contributed by atoms with Gasteiger partial charge in [-0.2, -0.15) is 11.8 Å². The summed E-state index contributed by atoms with van der Waals surface area (Å²) in [5.74, 6) is 0.285. The third-order valence-corrected chi connectivity index (χ3v) is 6.68. The number of nitrogens with zero attached hydrogens (tertiary/aromatic N) is 1. The van der Waals surface area contributed by atoms with Gasteiger partial charge in [-0.25, -0.2) is 4.39 Å². The average Bonchev–Trinajstić information content (AvgIpc) is 2.72. The van der Waals surface area contributed by atoms with Gasteiger partial charge in [0.2, 0.25) is 0 Å². The van der Waals surface area contributed by atoms with Gasteiger partial charge < -0.3 is 10.6 Å². The maximum Gasteiger partial charge on any atom is 0.269 e. The van der Waals surface area contributed by atoms with E-state index in [1.165, 1.54) is 30.3 Å². The first-order valence-corrected chi connectivity index (χ1v) is 11.0. The zero-order valence-corrected chi connectivity index (χ0v) is 18.1. The second-order valence-electron chi connectivity index (χ2n) is 8.08. The summed E-state index contributed by atoms with van der Waals surface area (Å²) in [5.41, 5.74) is 2.10. The van der Waals surface area contributed by atoms with Gasteiger partial charge in [0.05, 0.1) is 4.92 Å². The van der Waals surface area contributed by atoms with Gasteiger partial charge in [-0.05, 0) is 48.1 Å². The van der Waals surface area contributed by atoms with E-state index in [1.807, 2.05) is 0 Å². The molecule has 8 heteroatoms. The van der Waals surface area contributed by atoms with Gasteiger partial charge in [-0.3, -0.25) is 14.9 Å². The van der Waals surface area contributed by atoms with E-state index in [-0.39, 0.29) is 39.0 Å². The highest BCUT2D eigenvalue weighted by Gasteiger charge is 2.37. The lowest BCUT2D eigenvalue weighted by molar-refractivity contribution is -0.384. The van der Waals surface area contributed by atoms with E-state index in [9.17, 15) is 19.3 Å². The number of nitrogens with one attached hydrogen (secondary N) is 2. The van der Waals surface area contributed by atoms with Crippen LogP contribution in [0.3, 0.4) is 0 Å². The second-order valence-corrected chi connectivity index (χ2v) is 9.56. The maximum absolute atomic E-state index is 13.1. The van der Waals surface area contributed by atoms with Crippen molar-refractivity contribution in [2.75, 3.05) is 17.6 Å². The molecule has 1 amide bonds. The van der Waals surface area contributed by atoms with Crippen LogP contribution >= 0.6 is 11.8 Å². The van der Waals surface area contributed by atoms with Crippen LogP contribution in [0, 0.1) is 21.3 Å². The number of carbonyl (C=O) groups excluding carboxylic acids is 1. The molecule has 0 aromatic heterocycles. The van der Waals surface area contributed by atoms with Gasteiger partial charge in [0.25, 0.3) is 11.6 Å². The molecule has 2 atom stereocenters. The van der Waals surface area contributed by atoms with Crippen molar-refractivity contribution in [2.45, 2.75) is 38.5 Å². The normalized spacial score (nSPS) is 18.3. The molecule has 2 aromatic carbocycles. The number of nitro benzene ring substituents is 1. The fraction of sp³-hybridized carbons (Fsp3) is 0.409. The molecular formula is C22H26FN3O3S. The third kappa shape index (κ3) is 4.92. The van der Waals surface area contributed by atoms with E-state index < -0.39 is 0 Å². The molecular weight excluding hydrogens is 405 g/mol. The number of anilines is 1. The van der Waals surface area contributed by atoms with Crippen molar-refractivity contribution in [3.63, 3.8) is 0 Å². The van der Waals surface area contributed by atoms with Crippen molar-refractivity contribution in [3.8, 4) is 0 Å². The number of hydrogen-bond donors (Lipinski definition) is 2. The minimum absolute atomic E-state index is 0.0732. The molecule has 0 spiro atoms. The van der Waals surface area contributed by atoms with Crippen LogP contribution in [0.25, 0.3) is 0 Å². The van der Waals surface area contributed by atoms with Gasteiger partial charge in [-0.1, -0.05) is 20.8 Å². The van der Waals surface area contributed by atoms with Crippen LogP contribution < -0.4 is 10.6 Å². The highest BCUT2D eigenvalue weighted by Crippen LogP contribution is 2.46. The van der Waals surface area contributed by atoms with E-state index in [0.717, 1.165) is 23.4 Å². The fourth-order valence-electron chi connectivity index (χ4n) is 3.66. The lowest BCUT2D eigenvalue weighted by Gasteiger charge is -2.42. The summed E-state index contributed by atoms with van der Waals surface area (Å²) < 4.78 is 13.1. The molecule has 30 heavy (non-hydrogen) atoms. The quantitative estimate of drug-likeness (QED) is 0.467. The largest absolute Gasteiger partial charge is 0.381 e. The van der Waals surface area contributed by atoms with Crippen molar-refractivity contribution in [1.29, 1.82) is 0 Å². The Bertz CT molecular complexity index is 934. The SMILES string of the molecule is CCSC1CC(C(C)(C)CNC(=O)c2ccc(F)cc2)Nc2ccc([N+](=O)[O-])cc21. The minimum Gasteiger partial charge on any atom is -0.381 e. The summed E-state index contributed by atoms with van der Waals surface area (Å²) in [4.78, 5) is 23.2. The Morgan fingerprint density at radius 3 is 2.63 bits per heavy atom. The molecule has 0 radical (unpaired) electrons. The van der Waals surface area contributed by atoms with Crippen LogP contribution in [0.15, 0.2) is 42.5 Å². The third-order valence-electron chi connectivity index (χ3n) is 5.49. The summed E-state index contributed by atoms with van der Waals surface area (Å²) in [7, 11) is 0. The van der Waals surface area contributed by atoms with Crippen molar-refractivity contribution >= 4 is 29.0 Å². The number of carbonyl (C=O) groups is 1. The van der Waals surface area contributed by atoms with E-state index in [1.54, 1.807) is 23.9 Å². The monoisotopic (exact) mass is 431 g/mol. The van der Waals surface area contributed by atoms with Crippen molar-refractivity contribution in [1.82, 2.24) is 5.32 Å². The fourth-order valence-corrected chi connectivity index (χ4v) is 4.76. The van der Waals surface area contributed by atoms with E-state index in [4.69, 9.17) is 0 Å². The molecule has 2 N–H and O–H groups in total. The molecule has 0 aliphatic carbocycles.